The summed E-state index contributed by atoms with van der Waals surface area (Å²) in [4.78, 5) is 30.3. The smallest absolute Gasteiger partial charge is 0.322 e. The van der Waals surface area contributed by atoms with Crippen molar-refractivity contribution in [2.75, 3.05) is 25.6 Å². The van der Waals surface area contributed by atoms with Crippen LogP contribution >= 0.6 is 11.6 Å². The molecule has 7 nitrogen and oxygen atoms in total. The average molecular weight is 442 g/mol. The Morgan fingerprint density at radius 2 is 2.06 bits per heavy atom. The molecule has 2 aromatic carbocycles. The molecule has 3 aromatic rings. The lowest BCUT2D eigenvalue weighted by atomic mass is 10.1. The van der Waals surface area contributed by atoms with Gasteiger partial charge in [-0.3, -0.25) is 4.79 Å². The largest absolute Gasteiger partial charge is 0.497 e. The number of methoxy groups -OCH3 is 1. The van der Waals surface area contributed by atoms with E-state index in [0.717, 1.165) is 18.2 Å². The Morgan fingerprint density at radius 1 is 1.26 bits per heavy atom. The van der Waals surface area contributed by atoms with Crippen LogP contribution in [0.5, 0.6) is 5.75 Å². The van der Waals surface area contributed by atoms with Gasteiger partial charge < -0.3 is 24.7 Å². The summed E-state index contributed by atoms with van der Waals surface area (Å²) in [5.74, 6) is 0.665. The summed E-state index contributed by atoms with van der Waals surface area (Å²) >= 11 is 5.93. The number of benzene rings is 2. The molecule has 8 heteroatoms. The molecular weight excluding hydrogens is 418 g/mol. The Bertz CT molecular complexity index is 1120. The highest BCUT2D eigenvalue weighted by atomic mass is 35.5. The van der Waals surface area contributed by atoms with Gasteiger partial charge >= 0.3 is 6.03 Å². The maximum Gasteiger partial charge on any atom is 0.322 e. The van der Waals surface area contributed by atoms with Crippen molar-refractivity contribution >= 4 is 34.2 Å². The first-order valence-electron chi connectivity index (χ1n) is 10.1. The maximum absolute atomic E-state index is 13.0. The van der Waals surface area contributed by atoms with E-state index in [2.05, 4.69) is 10.3 Å². The van der Waals surface area contributed by atoms with E-state index in [1.54, 1.807) is 42.3 Å². The molecule has 2 heterocycles. The number of rotatable bonds is 6. The molecule has 0 saturated carbocycles. The van der Waals surface area contributed by atoms with E-state index < -0.39 is 0 Å². The average Bonchev–Trinajstić information content (AvgIpc) is 3.28. The van der Waals surface area contributed by atoms with Gasteiger partial charge in [-0.15, -0.1) is 0 Å². The van der Waals surface area contributed by atoms with Crippen molar-refractivity contribution in [2.45, 2.75) is 25.5 Å². The highest BCUT2D eigenvalue weighted by Gasteiger charge is 2.24. The molecule has 162 valence electrons. The number of aromatic amines is 1. The zero-order chi connectivity index (χ0) is 21.8. The number of anilines is 1. The first-order chi connectivity index (χ1) is 15.0. The number of halogens is 1. The highest BCUT2D eigenvalue weighted by molar-refractivity contribution is 6.30. The number of amides is 2. The van der Waals surface area contributed by atoms with E-state index in [-0.39, 0.29) is 24.2 Å². The second-order valence-electron chi connectivity index (χ2n) is 7.53. The Morgan fingerprint density at radius 3 is 2.77 bits per heavy atom. The third-order valence-electron chi connectivity index (χ3n) is 5.32. The second-order valence-corrected chi connectivity index (χ2v) is 7.97. The van der Waals surface area contributed by atoms with Crippen molar-refractivity contribution in [1.82, 2.24) is 9.88 Å². The minimum Gasteiger partial charge on any atom is -0.497 e. The van der Waals surface area contributed by atoms with Crippen molar-refractivity contribution < 1.29 is 14.3 Å². The summed E-state index contributed by atoms with van der Waals surface area (Å²) in [5.41, 5.74) is 1.58. The molecule has 0 radical (unpaired) electrons. The Hall–Kier alpha value is -3.03. The highest BCUT2D eigenvalue weighted by Crippen LogP contribution is 2.21. The van der Waals surface area contributed by atoms with Gasteiger partial charge in [0.05, 0.1) is 25.3 Å². The van der Waals surface area contributed by atoms with Crippen LogP contribution in [0.25, 0.3) is 10.9 Å². The number of hydrogen-bond acceptors (Lipinski definition) is 4. The fourth-order valence-corrected chi connectivity index (χ4v) is 3.79. The Labute approximate surface area is 184 Å². The quantitative estimate of drug-likeness (QED) is 0.593. The summed E-state index contributed by atoms with van der Waals surface area (Å²) in [7, 11) is 1.58. The van der Waals surface area contributed by atoms with Gasteiger partial charge in [0.1, 0.15) is 5.75 Å². The van der Waals surface area contributed by atoms with Gasteiger partial charge in [-0.25, -0.2) is 4.79 Å². The van der Waals surface area contributed by atoms with Crippen LogP contribution in [0, 0.1) is 0 Å². The predicted octanol–water partition coefficient (Wildman–Crippen LogP) is 4.40. The molecule has 2 amide bonds. The predicted molar refractivity (Wildman–Crippen MR) is 121 cm³/mol. The van der Waals surface area contributed by atoms with Gasteiger partial charge in [0.25, 0.3) is 5.56 Å². The molecule has 2 N–H and O–H groups in total. The van der Waals surface area contributed by atoms with Crippen LogP contribution in [0.4, 0.5) is 10.5 Å². The van der Waals surface area contributed by atoms with Crippen molar-refractivity contribution in [3.63, 3.8) is 0 Å². The molecule has 1 saturated heterocycles. The van der Waals surface area contributed by atoms with E-state index in [1.165, 1.54) is 0 Å². The van der Waals surface area contributed by atoms with Crippen LogP contribution in [0.15, 0.2) is 53.3 Å². The van der Waals surface area contributed by atoms with Crippen molar-refractivity contribution in [1.29, 1.82) is 0 Å². The van der Waals surface area contributed by atoms with Crippen molar-refractivity contribution in [3.8, 4) is 5.75 Å². The zero-order valence-corrected chi connectivity index (χ0v) is 17.9. The number of carbonyl (C=O) groups excluding carboxylic acids is 1. The molecule has 0 aliphatic carbocycles. The zero-order valence-electron chi connectivity index (χ0n) is 17.2. The number of H-pyrrole nitrogens is 1. The monoisotopic (exact) mass is 441 g/mol. The van der Waals surface area contributed by atoms with Gasteiger partial charge in [-0.05, 0) is 60.7 Å². The summed E-state index contributed by atoms with van der Waals surface area (Å²) in [6.07, 6.45) is 1.81. The number of pyridine rings is 1. The van der Waals surface area contributed by atoms with Crippen LogP contribution in [-0.2, 0) is 11.3 Å². The van der Waals surface area contributed by atoms with Crippen LogP contribution in [0.3, 0.4) is 0 Å². The molecule has 1 fully saturated rings. The van der Waals surface area contributed by atoms with Gasteiger partial charge in [-0.2, -0.15) is 0 Å². The van der Waals surface area contributed by atoms with Crippen LogP contribution in [-0.4, -0.2) is 42.3 Å². The Kier molecular flexibility index (Phi) is 6.44. The van der Waals surface area contributed by atoms with Crippen LogP contribution in [0.2, 0.25) is 5.02 Å². The van der Waals surface area contributed by atoms with Gasteiger partial charge in [0.2, 0.25) is 0 Å². The number of nitrogens with one attached hydrogen (secondary N) is 2. The number of ether oxygens (including phenoxy) is 2. The van der Waals surface area contributed by atoms with Gasteiger partial charge in [-0.1, -0.05) is 11.6 Å². The Balaban J connectivity index is 1.58. The lowest BCUT2D eigenvalue weighted by Crippen LogP contribution is -2.40. The summed E-state index contributed by atoms with van der Waals surface area (Å²) < 4.78 is 10.9. The SMILES string of the molecule is COc1ccc2cc(CN(CC3CCCO3)C(=O)Nc3ccc(Cl)cc3)c(=O)[nH]c2c1. The molecule has 1 atom stereocenters. The third-order valence-corrected chi connectivity index (χ3v) is 5.57. The second kappa shape index (κ2) is 9.41. The van der Waals surface area contributed by atoms with E-state index >= 15 is 0 Å². The molecule has 1 aromatic heterocycles. The molecule has 31 heavy (non-hydrogen) atoms. The maximum atomic E-state index is 13.0. The van der Waals surface area contributed by atoms with Crippen molar-refractivity contribution in [2.24, 2.45) is 0 Å². The molecule has 1 aliphatic rings. The molecule has 1 aliphatic heterocycles. The number of hydrogen-bond donors (Lipinski definition) is 2. The fourth-order valence-electron chi connectivity index (χ4n) is 3.66. The minimum atomic E-state index is -0.299. The summed E-state index contributed by atoms with van der Waals surface area (Å²) in [6, 6.07) is 13.9. The lowest BCUT2D eigenvalue weighted by Gasteiger charge is -2.25. The standard InChI is InChI=1S/C23H24ClN3O4/c1-30-19-9-4-15-11-16(22(28)26-21(15)12-19)13-27(14-20-3-2-10-31-20)23(29)25-18-7-5-17(24)6-8-18/h4-9,11-12,20H,2-3,10,13-14H2,1H3,(H,25,29)(H,26,28). The summed E-state index contributed by atoms with van der Waals surface area (Å²) in [6.45, 7) is 1.26. The lowest BCUT2D eigenvalue weighted by molar-refractivity contribution is 0.0818. The summed E-state index contributed by atoms with van der Waals surface area (Å²) in [5, 5.41) is 4.34. The van der Waals surface area contributed by atoms with E-state index in [4.69, 9.17) is 21.1 Å². The number of fused-ring (bicyclic) bond motifs is 1. The first kappa shape index (κ1) is 21.2. The number of aromatic nitrogens is 1. The minimum absolute atomic E-state index is 0.0419. The fraction of sp³-hybridized carbons (Fsp3) is 0.304. The molecule has 0 spiro atoms. The molecule has 0 bridgehead atoms. The van der Waals surface area contributed by atoms with Gasteiger partial charge in [0.15, 0.2) is 0 Å². The molecule has 4 rings (SSSR count). The normalized spacial score (nSPS) is 15.7. The van der Waals surface area contributed by atoms with E-state index in [9.17, 15) is 9.59 Å². The number of nitrogens with zero attached hydrogens (tertiary/aromatic N) is 1. The van der Waals surface area contributed by atoms with Crippen LogP contribution < -0.4 is 15.6 Å². The molecule has 1 unspecified atom stereocenters. The number of urea groups is 1. The third kappa shape index (κ3) is 5.18. The van der Waals surface area contributed by atoms with E-state index in [0.29, 0.717) is 40.7 Å². The number of carbonyl (C=O) groups is 1. The van der Waals surface area contributed by atoms with Crippen LogP contribution in [0.1, 0.15) is 18.4 Å². The topological polar surface area (TPSA) is 83.7 Å². The van der Waals surface area contributed by atoms with Crippen molar-refractivity contribution in [3.05, 3.63) is 69.5 Å². The van der Waals surface area contributed by atoms with E-state index in [1.807, 2.05) is 18.2 Å². The van der Waals surface area contributed by atoms with Gasteiger partial charge in [0, 0.05) is 35.5 Å². The first-order valence-corrected chi connectivity index (χ1v) is 10.5. The molecular formula is C23H24ClN3O4.